The van der Waals surface area contributed by atoms with Crippen LogP contribution in [0.1, 0.15) is 31.9 Å². The van der Waals surface area contributed by atoms with E-state index in [-0.39, 0.29) is 6.09 Å². The van der Waals surface area contributed by atoms with E-state index in [1.54, 1.807) is 4.90 Å². The molecule has 144 valence electrons. The number of pyridine rings is 1. The SMILES string of the molecule is Cc1ccccc1-c1ccc(CN2CCN(C(=O)OC(C)(C)C)CC2)cn1. The van der Waals surface area contributed by atoms with Crippen LogP contribution in [0.5, 0.6) is 0 Å². The Balaban J connectivity index is 1.54. The van der Waals surface area contributed by atoms with Gasteiger partial charge in [-0.05, 0) is 44.9 Å². The summed E-state index contributed by atoms with van der Waals surface area (Å²) >= 11 is 0. The number of hydrogen-bond donors (Lipinski definition) is 0. The lowest BCUT2D eigenvalue weighted by Gasteiger charge is -2.35. The van der Waals surface area contributed by atoms with Gasteiger partial charge in [-0.3, -0.25) is 9.88 Å². The molecule has 0 atom stereocenters. The van der Waals surface area contributed by atoms with E-state index in [1.807, 2.05) is 39.1 Å². The Morgan fingerprint density at radius 2 is 1.78 bits per heavy atom. The molecule has 1 aromatic heterocycles. The molecule has 0 bridgehead atoms. The number of benzene rings is 1. The van der Waals surface area contributed by atoms with Gasteiger partial charge in [-0.15, -0.1) is 0 Å². The summed E-state index contributed by atoms with van der Waals surface area (Å²) in [5, 5.41) is 0. The predicted molar refractivity (Wildman–Crippen MR) is 107 cm³/mol. The van der Waals surface area contributed by atoms with E-state index >= 15 is 0 Å². The fourth-order valence-electron chi connectivity index (χ4n) is 3.21. The number of carbonyl (C=O) groups is 1. The van der Waals surface area contributed by atoms with Crippen molar-refractivity contribution in [2.75, 3.05) is 26.2 Å². The number of rotatable bonds is 3. The van der Waals surface area contributed by atoms with Crippen LogP contribution in [0.4, 0.5) is 4.79 Å². The van der Waals surface area contributed by atoms with Gasteiger partial charge in [-0.1, -0.05) is 30.3 Å². The summed E-state index contributed by atoms with van der Waals surface area (Å²) in [6.45, 7) is 11.7. The van der Waals surface area contributed by atoms with Crippen molar-refractivity contribution in [2.45, 2.75) is 39.8 Å². The second kappa shape index (κ2) is 8.09. The summed E-state index contributed by atoms with van der Waals surface area (Å²) in [5.74, 6) is 0. The van der Waals surface area contributed by atoms with Crippen LogP contribution in [0.15, 0.2) is 42.6 Å². The summed E-state index contributed by atoms with van der Waals surface area (Å²) in [7, 11) is 0. The maximum atomic E-state index is 12.2. The molecule has 1 saturated heterocycles. The van der Waals surface area contributed by atoms with Crippen LogP contribution in [0.25, 0.3) is 11.3 Å². The minimum atomic E-state index is -0.446. The van der Waals surface area contributed by atoms with Crippen LogP contribution in [0, 0.1) is 6.92 Å². The van der Waals surface area contributed by atoms with Crippen molar-refractivity contribution in [1.29, 1.82) is 0 Å². The van der Waals surface area contributed by atoms with Crippen molar-refractivity contribution >= 4 is 6.09 Å². The van der Waals surface area contributed by atoms with Gasteiger partial charge >= 0.3 is 6.09 Å². The second-order valence-electron chi connectivity index (χ2n) is 8.11. The van der Waals surface area contributed by atoms with E-state index in [0.717, 1.165) is 25.3 Å². The molecule has 5 heteroatoms. The minimum absolute atomic E-state index is 0.216. The molecule has 0 N–H and O–H groups in total. The van der Waals surface area contributed by atoms with Crippen LogP contribution in [0.3, 0.4) is 0 Å². The molecule has 1 fully saturated rings. The first-order valence-electron chi connectivity index (χ1n) is 9.53. The lowest BCUT2D eigenvalue weighted by Crippen LogP contribution is -2.49. The van der Waals surface area contributed by atoms with Crippen molar-refractivity contribution in [3.63, 3.8) is 0 Å². The molecule has 0 saturated carbocycles. The Kier molecular flexibility index (Phi) is 5.80. The number of aromatic nitrogens is 1. The minimum Gasteiger partial charge on any atom is -0.444 e. The number of ether oxygens (including phenoxy) is 1. The third-order valence-corrected chi connectivity index (χ3v) is 4.68. The number of aryl methyl sites for hydroxylation is 1. The monoisotopic (exact) mass is 367 g/mol. The maximum Gasteiger partial charge on any atom is 0.410 e. The lowest BCUT2D eigenvalue weighted by atomic mass is 10.0. The molecule has 0 unspecified atom stereocenters. The van der Waals surface area contributed by atoms with Gasteiger partial charge in [-0.25, -0.2) is 4.79 Å². The van der Waals surface area contributed by atoms with Crippen LogP contribution in [0.2, 0.25) is 0 Å². The Hall–Kier alpha value is -2.40. The Bertz CT molecular complexity index is 773. The number of nitrogens with zero attached hydrogens (tertiary/aromatic N) is 3. The standard InChI is InChI=1S/C22H29N3O2/c1-17-7-5-6-8-19(17)20-10-9-18(15-23-20)16-24-11-13-25(14-12-24)21(26)27-22(2,3)4/h5-10,15H,11-14,16H2,1-4H3. The van der Waals surface area contributed by atoms with Gasteiger partial charge in [0.2, 0.25) is 0 Å². The van der Waals surface area contributed by atoms with Gasteiger partial charge in [0.15, 0.2) is 0 Å². The highest BCUT2D eigenvalue weighted by atomic mass is 16.6. The first-order chi connectivity index (χ1) is 12.8. The third kappa shape index (κ3) is 5.30. The van der Waals surface area contributed by atoms with Gasteiger partial charge in [0.25, 0.3) is 0 Å². The zero-order valence-electron chi connectivity index (χ0n) is 16.7. The van der Waals surface area contributed by atoms with Crippen LogP contribution in [-0.2, 0) is 11.3 Å². The molecule has 2 aromatic rings. The lowest BCUT2D eigenvalue weighted by molar-refractivity contribution is 0.0139. The zero-order chi connectivity index (χ0) is 19.4. The fourth-order valence-corrected chi connectivity index (χ4v) is 3.21. The first-order valence-corrected chi connectivity index (χ1v) is 9.53. The van der Waals surface area contributed by atoms with Gasteiger partial charge in [0.1, 0.15) is 5.60 Å². The highest BCUT2D eigenvalue weighted by molar-refractivity contribution is 5.68. The second-order valence-corrected chi connectivity index (χ2v) is 8.11. The van der Waals surface area contributed by atoms with Crippen LogP contribution < -0.4 is 0 Å². The number of piperazine rings is 1. The molecule has 1 aliphatic rings. The molecule has 0 spiro atoms. The zero-order valence-corrected chi connectivity index (χ0v) is 16.7. The third-order valence-electron chi connectivity index (χ3n) is 4.68. The number of hydrogen-bond acceptors (Lipinski definition) is 4. The largest absolute Gasteiger partial charge is 0.444 e. The van der Waals surface area contributed by atoms with Crippen molar-refractivity contribution in [1.82, 2.24) is 14.8 Å². The summed E-state index contributed by atoms with van der Waals surface area (Å²) in [4.78, 5) is 20.9. The summed E-state index contributed by atoms with van der Waals surface area (Å²) in [6, 6.07) is 12.5. The molecule has 1 amide bonds. The Morgan fingerprint density at radius 3 is 2.37 bits per heavy atom. The molecular weight excluding hydrogens is 338 g/mol. The van der Waals surface area contributed by atoms with E-state index in [0.29, 0.717) is 13.1 Å². The van der Waals surface area contributed by atoms with E-state index in [1.165, 1.54) is 16.7 Å². The van der Waals surface area contributed by atoms with E-state index in [4.69, 9.17) is 4.74 Å². The van der Waals surface area contributed by atoms with Crippen molar-refractivity contribution < 1.29 is 9.53 Å². The fraction of sp³-hybridized carbons (Fsp3) is 0.455. The van der Waals surface area contributed by atoms with Gasteiger partial charge in [-0.2, -0.15) is 0 Å². The van der Waals surface area contributed by atoms with E-state index in [2.05, 4.69) is 41.1 Å². The molecule has 0 aliphatic carbocycles. The van der Waals surface area contributed by atoms with E-state index in [9.17, 15) is 4.79 Å². The molecule has 2 heterocycles. The molecule has 27 heavy (non-hydrogen) atoms. The van der Waals surface area contributed by atoms with Gasteiger partial charge in [0.05, 0.1) is 5.69 Å². The predicted octanol–water partition coefficient (Wildman–Crippen LogP) is 4.11. The average molecular weight is 367 g/mol. The normalized spacial score (nSPS) is 15.6. The highest BCUT2D eigenvalue weighted by Gasteiger charge is 2.25. The maximum absolute atomic E-state index is 12.2. The number of carbonyl (C=O) groups excluding carboxylic acids is 1. The quantitative estimate of drug-likeness (QED) is 0.819. The Labute approximate surface area is 162 Å². The van der Waals surface area contributed by atoms with Crippen molar-refractivity contribution in [3.8, 4) is 11.3 Å². The molecule has 5 nitrogen and oxygen atoms in total. The molecular formula is C22H29N3O2. The van der Waals surface area contributed by atoms with Crippen molar-refractivity contribution in [2.24, 2.45) is 0 Å². The number of amides is 1. The topological polar surface area (TPSA) is 45.7 Å². The first kappa shape index (κ1) is 19.4. The molecule has 3 rings (SSSR count). The molecule has 1 aliphatic heterocycles. The highest BCUT2D eigenvalue weighted by Crippen LogP contribution is 2.21. The average Bonchev–Trinajstić information content (AvgIpc) is 2.62. The Morgan fingerprint density at radius 1 is 1.07 bits per heavy atom. The van der Waals surface area contributed by atoms with Crippen molar-refractivity contribution in [3.05, 3.63) is 53.7 Å². The smallest absolute Gasteiger partial charge is 0.410 e. The van der Waals surface area contributed by atoms with Gasteiger partial charge < -0.3 is 9.64 Å². The van der Waals surface area contributed by atoms with Crippen LogP contribution in [-0.4, -0.2) is 52.7 Å². The molecule has 0 radical (unpaired) electrons. The van der Waals surface area contributed by atoms with Crippen LogP contribution >= 0.6 is 0 Å². The van der Waals surface area contributed by atoms with Gasteiger partial charge in [0, 0.05) is 44.5 Å². The summed E-state index contributed by atoms with van der Waals surface area (Å²) in [6.07, 6.45) is 1.74. The summed E-state index contributed by atoms with van der Waals surface area (Å²) in [5.41, 5.74) is 4.16. The van der Waals surface area contributed by atoms with E-state index < -0.39 is 5.60 Å². The molecule has 1 aromatic carbocycles. The summed E-state index contributed by atoms with van der Waals surface area (Å²) < 4.78 is 5.45.